The zero-order valence-electron chi connectivity index (χ0n) is 13.2. The number of hydrogen-bond donors (Lipinski definition) is 0. The van der Waals surface area contributed by atoms with Crippen molar-refractivity contribution in [2.75, 3.05) is 13.7 Å². The fourth-order valence-electron chi connectivity index (χ4n) is 2.03. The number of oxime groups is 1. The molecule has 5 nitrogen and oxygen atoms in total. The Bertz CT molecular complexity index is 668. The van der Waals surface area contributed by atoms with Crippen molar-refractivity contribution in [3.8, 4) is 5.75 Å². The monoisotopic (exact) mass is 313 g/mol. The largest absolute Gasteiger partial charge is 0.496 e. The molecule has 120 valence electrons. The summed E-state index contributed by atoms with van der Waals surface area (Å²) in [5.74, 6) is -0.00933. The van der Waals surface area contributed by atoms with Gasteiger partial charge in [0, 0.05) is 5.56 Å². The molecule has 2 rings (SSSR count). The molecule has 5 heteroatoms. The number of methoxy groups -OCH3 is 1. The maximum Gasteiger partial charge on any atom is 0.342 e. The summed E-state index contributed by atoms with van der Waals surface area (Å²) in [6, 6.07) is 14.9. The smallest absolute Gasteiger partial charge is 0.342 e. The van der Waals surface area contributed by atoms with Gasteiger partial charge >= 0.3 is 5.97 Å². The molecule has 0 unspecified atom stereocenters. The van der Waals surface area contributed by atoms with Crippen LogP contribution in [0.25, 0.3) is 0 Å². The lowest BCUT2D eigenvalue weighted by Gasteiger charge is -2.10. The van der Waals surface area contributed by atoms with Crippen molar-refractivity contribution in [2.24, 2.45) is 5.16 Å². The minimum Gasteiger partial charge on any atom is -0.496 e. The highest BCUT2D eigenvalue weighted by Gasteiger charge is 2.17. The molecule has 0 N–H and O–H groups in total. The first-order chi connectivity index (χ1) is 11.3. The Morgan fingerprint density at radius 1 is 1.13 bits per heavy atom. The third kappa shape index (κ3) is 4.57. The molecule has 0 aliphatic carbocycles. The van der Waals surface area contributed by atoms with Crippen LogP contribution in [0, 0.1) is 0 Å². The van der Waals surface area contributed by atoms with Gasteiger partial charge in [-0.1, -0.05) is 47.6 Å². The van der Waals surface area contributed by atoms with Crippen molar-refractivity contribution in [2.45, 2.75) is 13.5 Å². The molecule has 0 bridgehead atoms. The molecule has 2 aromatic carbocycles. The maximum atomic E-state index is 12.1. The fourth-order valence-corrected chi connectivity index (χ4v) is 2.03. The van der Waals surface area contributed by atoms with Crippen molar-refractivity contribution in [1.82, 2.24) is 0 Å². The average Bonchev–Trinajstić information content (AvgIpc) is 2.59. The van der Waals surface area contributed by atoms with Gasteiger partial charge in [-0.3, -0.25) is 0 Å². The van der Waals surface area contributed by atoms with Crippen LogP contribution in [-0.4, -0.2) is 25.9 Å². The number of ether oxygens (including phenoxy) is 2. The molecule has 0 atom stereocenters. The Labute approximate surface area is 135 Å². The molecule has 0 saturated carbocycles. The van der Waals surface area contributed by atoms with Crippen molar-refractivity contribution in [1.29, 1.82) is 0 Å². The average molecular weight is 313 g/mol. The quantitative estimate of drug-likeness (QED) is 0.446. The Balaban J connectivity index is 2.12. The van der Waals surface area contributed by atoms with Gasteiger partial charge in [0.1, 0.15) is 17.9 Å². The summed E-state index contributed by atoms with van der Waals surface area (Å²) in [7, 11) is 1.50. The van der Waals surface area contributed by atoms with Crippen LogP contribution in [0.1, 0.15) is 28.4 Å². The highest BCUT2D eigenvalue weighted by Crippen LogP contribution is 2.22. The van der Waals surface area contributed by atoms with Crippen molar-refractivity contribution in [3.05, 3.63) is 65.2 Å². The van der Waals surface area contributed by atoms with E-state index in [-0.39, 0.29) is 6.61 Å². The van der Waals surface area contributed by atoms with Gasteiger partial charge in [0.2, 0.25) is 0 Å². The molecule has 0 spiro atoms. The summed E-state index contributed by atoms with van der Waals surface area (Å²) >= 11 is 0. The van der Waals surface area contributed by atoms with Crippen molar-refractivity contribution >= 4 is 12.2 Å². The molecule has 0 aliphatic rings. The zero-order chi connectivity index (χ0) is 16.5. The topological polar surface area (TPSA) is 57.1 Å². The van der Waals surface area contributed by atoms with Gasteiger partial charge < -0.3 is 14.3 Å². The SMILES string of the molecule is CCOC(=O)c1c(C=NOCc2ccccc2)cccc1OC. The number of carbonyl (C=O) groups is 1. The highest BCUT2D eigenvalue weighted by molar-refractivity contribution is 6.01. The van der Waals surface area contributed by atoms with Gasteiger partial charge in [0.05, 0.1) is 19.9 Å². The van der Waals surface area contributed by atoms with Crippen LogP contribution in [-0.2, 0) is 16.2 Å². The Kier molecular flexibility index (Phi) is 6.17. The number of nitrogens with zero attached hydrogens (tertiary/aromatic N) is 1. The van der Waals surface area contributed by atoms with Crippen LogP contribution in [0.2, 0.25) is 0 Å². The number of hydrogen-bond acceptors (Lipinski definition) is 5. The minimum atomic E-state index is -0.450. The summed E-state index contributed by atoms with van der Waals surface area (Å²) in [6.45, 7) is 2.40. The molecular formula is C18H19NO4. The van der Waals surface area contributed by atoms with E-state index >= 15 is 0 Å². The van der Waals surface area contributed by atoms with Gasteiger partial charge in [0.15, 0.2) is 0 Å². The molecule has 0 fully saturated rings. The Morgan fingerprint density at radius 2 is 1.91 bits per heavy atom. The molecule has 0 aromatic heterocycles. The number of rotatable bonds is 7. The third-order valence-corrected chi connectivity index (χ3v) is 3.10. The fraction of sp³-hybridized carbons (Fsp3) is 0.222. The molecule has 2 aromatic rings. The summed E-state index contributed by atoms with van der Waals surface area (Å²) < 4.78 is 10.3. The van der Waals surface area contributed by atoms with Gasteiger partial charge in [0.25, 0.3) is 0 Å². The summed E-state index contributed by atoms with van der Waals surface area (Å²) in [4.78, 5) is 17.4. The molecule has 0 aliphatic heterocycles. The van der Waals surface area contributed by atoms with Gasteiger partial charge in [-0.15, -0.1) is 0 Å². The van der Waals surface area contributed by atoms with Crippen LogP contribution in [0.5, 0.6) is 5.75 Å². The highest BCUT2D eigenvalue weighted by atomic mass is 16.6. The predicted octanol–water partition coefficient (Wildman–Crippen LogP) is 3.42. The van der Waals surface area contributed by atoms with Crippen LogP contribution in [0.4, 0.5) is 0 Å². The van der Waals surface area contributed by atoms with E-state index in [1.54, 1.807) is 25.1 Å². The molecule has 0 radical (unpaired) electrons. The molecule has 0 saturated heterocycles. The number of esters is 1. The first-order valence-corrected chi connectivity index (χ1v) is 7.29. The maximum absolute atomic E-state index is 12.1. The molecule has 0 heterocycles. The van der Waals surface area contributed by atoms with Crippen molar-refractivity contribution in [3.63, 3.8) is 0 Å². The van der Waals surface area contributed by atoms with Crippen LogP contribution >= 0.6 is 0 Å². The Morgan fingerprint density at radius 3 is 2.61 bits per heavy atom. The normalized spacial score (nSPS) is 10.5. The second-order valence-corrected chi connectivity index (χ2v) is 4.64. The van der Waals surface area contributed by atoms with Crippen LogP contribution < -0.4 is 4.74 Å². The summed E-state index contributed by atoms with van der Waals surface area (Å²) in [6.07, 6.45) is 1.48. The molecule has 23 heavy (non-hydrogen) atoms. The van der Waals surface area contributed by atoms with E-state index < -0.39 is 5.97 Å². The lowest BCUT2D eigenvalue weighted by atomic mass is 10.1. The second kappa shape index (κ2) is 8.58. The first-order valence-electron chi connectivity index (χ1n) is 7.29. The first kappa shape index (κ1) is 16.5. The van der Waals surface area contributed by atoms with E-state index in [9.17, 15) is 4.79 Å². The Hall–Kier alpha value is -2.82. The van der Waals surface area contributed by atoms with Gasteiger partial charge in [-0.2, -0.15) is 0 Å². The van der Waals surface area contributed by atoms with Crippen LogP contribution in [0.3, 0.4) is 0 Å². The van der Waals surface area contributed by atoms with E-state index in [0.29, 0.717) is 23.5 Å². The van der Waals surface area contributed by atoms with Crippen molar-refractivity contribution < 1.29 is 19.1 Å². The predicted molar refractivity (Wildman–Crippen MR) is 87.8 cm³/mol. The standard InChI is InChI=1S/C18H19NO4/c1-3-22-18(20)17-15(10-7-11-16(17)21-2)12-19-23-13-14-8-5-4-6-9-14/h4-12H,3,13H2,1-2H3. The minimum absolute atomic E-state index is 0.290. The van der Waals surface area contributed by atoms with E-state index in [1.165, 1.54) is 13.3 Å². The lowest BCUT2D eigenvalue weighted by molar-refractivity contribution is 0.0522. The second-order valence-electron chi connectivity index (χ2n) is 4.64. The molecule has 0 amide bonds. The number of benzene rings is 2. The lowest BCUT2D eigenvalue weighted by Crippen LogP contribution is -2.10. The molecular weight excluding hydrogens is 294 g/mol. The zero-order valence-corrected chi connectivity index (χ0v) is 13.2. The number of carbonyl (C=O) groups excluding carboxylic acids is 1. The van der Waals surface area contributed by atoms with E-state index in [0.717, 1.165) is 5.56 Å². The third-order valence-electron chi connectivity index (χ3n) is 3.10. The summed E-state index contributed by atoms with van der Waals surface area (Å²) in [5.41, 5.74) is 1.93. The van der Waals surface area contributed by atoms with E-state index in [1.807, 2.05) is 30.3 Å². The van der Waals surface area contributed by atoms with Crippen LogP contribution in [0.15, 0.2) is 53.7 Å². The van der Waals surface area contributed by atoms with E-state index in [2.05, 4.69) is 5.16 Å². The van der Waals surface area contributed by atoms with E-state index in [4.69, 9.17) is 14.3 Å². The summed E-state index contributed by atoms with van der Waals surface area (Å²) in [5, 5.41) is 3.93. The van der Waals surface area contributed by atoms with Gasteiger partial charge in [-0.25, -0.2) is 4.79 Å². The van der Waals surface area contributed by atoms with Gasteiger partial charge in [-0.05, 0) is 18.6 Å².